The summed E-state index contributed by atoms with van der Waals surface area (Å²) in [7, 11) is 0. The van der Waals surface area contributed by atoms with E-state index in [1.165, 1.54) is 25.7 Å². The summed E-state index contributed by atoms with van der Waals surface area (Å²) in [6.07, 6.45) is 25.0. The summed E-state index contributed by atoms with van der Waals surface area (Å²) in [6.45, 7) is 5.15. The standard InChI is InChI=1S/C21H28/c1-21(2,15-9-3-4-10-15)20-18-13-7-5-11-16(18)17-12-6-8-14-19(17)20/h5-8,11-20H,3-4,9-10H2,1-2H3/t16-,17?,18?,19?,20?/m1/s1. The van der Waals surface area contributed by atoms with Crippen LogP contribution in [0.1, 0.15) is 39.5 Å². The van der Waals surface area contributed by atoms with E-state index in [-0.39, 0.29) is 0 Å². The maximum atomic E-state index is 2.57. The van der Waals surface area contributed by atoms with Gasteiger partial charge in [0.1, 0.15) is 0 Å². The molecule has 2 saturated carbocycles. The zero-order valence-corrected chi connectivity index (χ0v) is 13.4. The van der Waals surface area contributed by atoms with Gasteiger partial charge in [-0.1, -0.05) is 75.3 Å². The largest absolute Gasteiger partial charge is 0.0805 e. The van der Waals surface area contributed by atoms with Crippen LogP contribution < -0.4 is 0 Å². The lowest BCUT2D eigenvalue weighted by Gasteiger charge is -2.43. The van der Waals surface area contributed by atoms with Gasteiger partial charge in [0.15, 0.2) is 0 Å². The Morgan fingerprint density at radius 2 is 1.10 bits per heavy atom. The second-order valence-electron chi connectivity index (χ2n) is 8.18. The summed E-state index contributed by atoms with van der Waals surface area (Å²) in [4.78, 5) is 0. The summed E-state index contributed by atoms with van der Waals surface area (Å²) in [5.74, 6) is 4.68. The molecule has 0 spiro atoms. The molecule has 0 aromatic rings. The van der Waals surface area contributed by atoms with Crippen molar-refractivity contribution in [2.45, 2.75) is 39.5 Å². The monoisotopic (exact) mass is 280 g/mol. The molecule has 4 aliphatic carbocycles. The van der Waals surface area contributed by atoms with E-state index < -0.39 is 0 Å². The van der Waals surface area contributed by atoms with Crippen molar-refractivity contribution in [3.05, 3.63) is 48.6 Å². The third-order valence-corrected chi connectivity index (χ3v) is 6.98. The number of rotatable bonds is 2. The van der Waals surface area contributed by atoms with Crippen molar-refractivity contribution in [3.8, 4) is 0 Å². The molecule has 4 aliphatic rings. The van der Waals surface area contributed by atoms with Crippen LogP contribution in [-0.4, -0.2) is 0 Å². The molecule has 0 heteroatoms. The van der Waals surface area contributed by atoms with E-state index >= 15 is 0 Å². The molecule has 21 heavy (non-hydrogen) atoms. The highest BCUT2D eigenvalue weighted by Crippen LogP contribution is 2.60. The van der Waals surface area contributed by atoms with Gasteiger partial charge in [-0.25, -0.2) is 0 Å². The van der Waals surface area contributed by atoms with Crippen molar-refractivity contribution in [3.63, 3.8) is 0 Å². The quantitative estimate of drug-likeness (QED) is 0.622. The van der Waals surface area contributed by atoms with Crippen LogP contribution in [0.3, 0.4) is 0 Å². The summed E-state index contributed by atoms with van der Waals surface area (Å²) >= 11 is 0. The van der Waals surface area contributed by atoms with E-state index in [1.54, 1.807) is 0 Å². The fourth-order valence-electron chi connectivity index (χ4n) is 5.96. The average Bonchev–Trinajstić information content (AvgIpc) is 3.14. The highest BCUT2D eigenvalue weighted by molar-refractivity contribution is 5.29. The molecule has 112 valence electrons. The Balaban J connectivity index is 1.72. The van der Waals surface area contributed by atoms with Crippen LogP contribution in [0.4, 0.5) is 0 Å². The van der Waals surface area contributed by atoms with Crippen LogP contribution in [0.15, 0.2) is 48.6 Å². The third-order valence-electron chi connectivity index (χ3n) is 6.98. The van der Waals surface area contributed by atoms with Gasteiger partial charge in [0, 0.05) is 0 Å². The van der Waals surface area contributed by atoms with Crippen LogP contribution in [0.2, 0.25) is 0 Å². The highest BCUT2D eigenvalue weighted by atomic mass is 14.6. The van der Waals surface area contributed by atoms with E-state index in [0.29, 0.717) is 5.41 Å². The average molecular weight is 280 g/mol. The predicted molar refractivity (Wildman–Crippen MR) is 89.7 cm³/mol. The minimum absolute atomic E-state index is 0.462. The molecule has 4 rings (SSSR count). The minimum atomic E-state index is 0.462. The Bertz CT molecular complexity index is 476. The lowest BCUT2D eigenvalue weighted by molar-refractivity contribution is 0.0751. The molecule has 0 nitrogen and oxygen atoms in total. The van der Waals surface area contributed by atoms with Gasteiger partial charge < -0.3 is 0 Å². The van der Waals surface area contributed by atoms with E-state index in [2.05, 4.69) is 62.5 Å². The Morgan fingerprint density at radius 1 is 0.667 bits per heavy atom. The summed E-state index contributed by atoms with van der Waals surface area (Å²) in [6, 6.07) is 0. The van der Waals surface area contributed by atoms with E-state index in [4.69, 9.17) is 0 Å². The van der Waals surface area contributed by atoms with Gasteiger partial charge in [-0.15, -0.1) is 0 Å². The second-order valence-corrected chi connectivity index (χ2v) is 8.18. The molecule has 0 heterocycles. The number of hydrogen-bond acceptors (Lipinski definition) is 0. The molecule has 4 unspecified atom stereocenters. The van der Waals surface area contributed by atoms with Crippen molar-refractivity contribution < 1.29 is 0 Å². The maximum absolute atomic E-state index is 2.57. The van der Waals surface area contributed by atoms with E-state index in [9.17, 15) is 0 Å². The first-order chi connectivity index (χ1) is 10.2. The third kappa shape index (κ3) is 2.02. The van der Waals surface area contributed by atoms with Gasteiger partial charge in [0.05, 0.1) is 0 Å². The van der Waals surface area contributed by atoms with Crippen LogP contribution >= 0.6 is 0 Å². The molecule has 0 aliphatic heterocycles. The number of fused-ring (bicyclic) bond motifs is 3. The smallest absolute Gasteiger partial charge is 0.00954 e. The second kappa shape index (κ2) is 5.00. The highest BCUT2D eigenvalue weighted by Gasteiger charge is 2.54. The van der Waals surface area contributed by atoms with Gasteiger partial charge in [0.2, 0.25) is 0 Å². The first-order valence-electron chi connectivity index (χ1n) is 8.89. The first-order valence-corrected chi connectivity index (χ1v) is 8.89. The molecule has 0 bridgehead atoms. The maximum Gasteiger partial charge on any atom is -0.00954 e. The fraction of sp³-hybridized carbons (Fsp3) is 0.619. The van der Waals surface area contributed by atoms with Gasteiger partial charge in [-0.2, -0.15) is 0 Å². The lowest BCUT2D eigenvalue weighted by Crippen LogP contribution is -2.37. The van der Waals surface area contributed by atoms with Gasteiger partial charge in [-0.05, 0) is 53.8 Å². The van der Waals surface area contributed by atoms with Crippen LogP contribution in [-0.2, 0) is 0 Å². The van der Waals surface area contributed by atoms with E-state index in [0.717, 1.165) is 35.5 Å². The van der Waals surface area contributed by atoms with Crippen LogP contribution in [0.5, 0.6) is 0 Å². The Morgan fingerprint density at radius 3 is 1.57 bits per heavy atom. The van der Waals surface area contributed by atoms with Crippen LogP contribution in [0.25, 0.3) is 0 Å². The Hall–Kier alpha value is -1.04. The fourth-order valence-corrected chi connectivity index (χ4v) is 5.96. The van der Waals surface area contributed by atoms with Gasteiger partial charge in [-0.3, -0.25) is 0 Å². The molecule has 0 aromatic heterocycles. The van der Waals surface area contributed by atoms with Crippen molar-refractivity contribution >= 4 is 0 Å². The van der Waals surface area contributed by atoms with Crippen molar-refractivity contribution in [2.75, 3.05) is 0 Å². The zero-order valence-electron chi connectivity index (χ0n) is 13.4. The predicted octanol–water partition coefficient (Wildman–Crippen LogP) is 5.55. The molecule has 0 N–H and O–H groups in total. The first kappa shape index (κ1) is 13.6. The SMILES string of the molecule is CC(C)(C1CCCC1)C1C2C=CC=CC2[C@H]2C=CC=CC12. The van der Waals surface area contributed by atoms with Crippen molar-refractivity contribution in [2.24, 2.45) is 40.9 Å². The molecule has 0 amide bonds. The van der Waals surface area contributed by atoms with Crippen LogP contribution in [0, 0.1) is 40.9 Å². The summed E-state index contributed by atoms with van der Waals surface area (Å²) in [5.41, 5.74) is 0.462. The molecular weight excluding hydrogens is 252 g/mol. The molecular formula is C21H28. The molecule has 0 radical (unpaired) electrons. The van der Waals surface area contributed by atoms with Gasteiger partial charge in [0.25, 0.3) is 0 Å². The number of allylic oxidation sites excluding steroid dienone is 8. The zero-order chi connectivity index (χ0) is 14.4. The normalized spacial score (nSPS) is 41.5. The van der Waals surface area contributed by atoms with Gasteiger partial charge >= 0.3 is 0 Å². The van der Waals surface area contributed by atoms with Crippen molar-refractivity contribution in [1.29, 1.82) is 0 Å². The summed E-state index contributed by atoms with van der Waals surface area (Å²) < 4.78 is 0. The summed E-state index contributed by atoms with van der Waals surface area (Å²) in [5, 5.41) is 0. The molecule has 5 atom stereocenters. The molecule has 0 saturated heterocycles. The molecule has 2 fully saturated rings. The molecule has 0 aromatic carbocycles. The van der Waals surface area contributed by atoms with E-state index in [1.807, 2.05) is 0 Å². The van der Waals surface area contributed by atoms with Crippen molar-refractivity contribution in [1.82, 2.24) is 0 Å². The minimum Gasteiger partial charge on any atom is -0.0805 e. The lowest BCUT2D eigenvalue weighted by atomic mass is 9.61. The Labute approximate surface area is 129 Å². The Kier molecular flexibility index (Phi) is 3.24. The topological polar surface area (TPSA) is 0 Å². The number of hydrogen-bond donors (Lipinski definition) is 0.